The number of fused-ring (bicyclic) bond motifs is 1. The molecule has 0 aliphatic carbocycles. The first kappa shape index (κ1) is 16.1. The highest BCUT2D eigenvalue weighted by molar-refractivity contribution is 7.99. The van der Waals surface area contributed by atoms with Crippen LogP contribution in [0.3, 0.4) is 0 Å². The summed E-state index contributed by atoms with van der Waals surface area (Å²) in [7, 11) is 0. The lowest BCUT2D eigenvalue weighted by Gasteiger charge is -2.24. The number of nitrogens with zero attached hydrogens (tertiary/aromatic N) is 1. The fraction of sp³-hybridized carbons (Fsp3) is 0.312. The van der Waals surface area contributed by atoms with Gasteiger partial charge in [0.1, 0.15) is 5.82 Å². The minimum atomic E-state index is -0.308. The number of nitrogens with one attached hydrogen (secondary N) is 2. The van der Waals surface area contributed by atoms with Crippen molar-refractivity contribution >= 4 is 35.1 Å². The van der Waals surface area contributed by atoms with Gasteiger partial charge in [-0.1, -0.05) is 42.4 Å². The number of H-pyrrole nitrogens is 1. The highest BCUT2D eigenvalue weighted by atomic mass is 35.5. The number of aromatic nitrogens is 2. The molecule has 0 bridgehead atoms. The average molecular weight is 350 g/mol. The molecule has 1 atom stereocenters. The molecule has 1 aromatic carbocycles. The normalized spacial score (nSPS) is 16.8. The minimum absolute atomic E-state index is 0.137. The molecule has 0 fully saturated rings. The molecule has 0 spiro atoms. The highest BCUT2D eigenvalue weighted by Gasteiger charge is 2.30. The maximum Gasteiger partial charge on any atom is 0.257 e. The molecule has 1 unspecified atom stereocenters. The molecule has 2 aromatic rings. The molecule has 120 valence electrons. The van der Waals surface area contributed by atoms with Crippen LogP contribution in [0.15, 0.2) is 34.2 Å². The smallest absolute Gasteiger partial charge is 0.257 e. The van der Waals surface area contributed by atoms with Crippen LogP contribution in [0.25, 0.3) is 0 Å². The van der Waals surface area contributed by atoms with Crippen molar-refractivity contribution in [2.75, 3.05) is 11.1 Å². The van der Waals surface area contributed by atoms with Crippen molar-refractivity contribution in [2.24, 2.45) is 0 Å². The summed E-state index contributed by atoms with van der Waals surface area (Å²) in [6, 6.07) is 7.20. The second kappa shape index (κ2) is 6.76. The Hall–Kier alpha value is -1.79. The van der Waals surface area contributed by atoms with Crippen LogP contribution in [-0.4, -0.2) is 21.6 Å². The molecule has 23 heavy (non-hydrogen) atoms. The van der Waals surface area contributed by atoms with Crippen molar-refractivity contribution in [1.29, 1.82) is 0 Å². The van der Waals surface area contributed by atoms with Gasteiger partial charge in [0.05, 0.1) is 5.56 Å². The lowest BCUT2D eigenvalue weighted by atomic mass is 9.87. The summed E-state index contributed by atoms with van der Waals surface area (Å²) in [6.45, 7) is 2.06. The van der Waals surface area contributed by atoms with Crippen molar-refractivity contribution in [2.45, 2.75) is 30.8 Å². The van der Waals surface area contributed by atoms with E-state index in [-0.39, 0.29) is 23.8 Å². The van der Waals surface area contributed by atoms with E-state index in [1.807, 2.05) is 12.1 Å². The molecule has 0 saturated heterocycles. The van der Waals surface area contributed by atoms with Crippen molar-refractivity contribution in [1.82, 2.24) is 9.97 Å². The van der Waals surface area contributed by atoms with Crippen LogP contribution in [0.1, 0.15) is 36.8 Å². The molecular formula is C16H16ClN3O2S. The quantitative estimate of drug-likeness (QED) is 0.655. The number of carbonyl (C=O) groups is 1. The molecule has 5 nitrogen and oxygen atoms in total. The number of thioether (sulfide) groups is 1. The van der Waals surface area contributed by atoms with Crippen molar-refractivity contribution in [3.8, 4) is 0 Å². The van der Waals surface area contributed by atoms with Gasteiger partial charge in [0.25, 0.3) is 5.56 Å². The van der Waals surface area contributed by atoms with Crippen LogP contribution in [0.4, 0.5) is 5.82 Å². The van der Waals surface area contributed by atoms with Gasteiger partial charge in [-0.3, -0.25) is 9.59 Å². The Balaban J connectivity index is 2.05. The zero-order valence-corrected chi connectivity index (χ0v) is 14.1. The third-order valence-corrected chi connectivity index (χ3v) is 4.98. The second-order valence-electron chi connectivity index (χ2n) is 5.34. The Kier molecular flexibility index (Phi) is 4.73. The Labute approximate surface area is 142 Å². The van der Waals surface area contributed by atoms with Crippen molar-refractivity contribution < 1.29 is 4.79 Å². The van der Waals surface area contributed by atoms with E-state index in [4.69, 9.17) is 11.6 Å². The van der Waals surface area contributed by atoms with E-state index in [0.717, 1.165) is 17.7 Å². The molecule has 0 radical (unpaired) electrons. The Morgan fingerprint density at radius 3 is 2.74 bits per heavy atom. The minimum Gasteiger partial charge on any atom is -0.310 e. The van der Waals surface area contributed by atoms with Crippen molar-refractivity contribution in [3.63, 3.8) is 0 Å². The van der Waals surface area contributed by atoms with Gasteiger partial charge in [0.15, 0.2) is 5.16 Å². The number of aromatic amines is 1. The summed E-state index contributed by atoms with van der Waals surface area (Å²) in [6.07, 6.45) is 1.20. The number of benzene rings is 1. The highest BCUT2D eigenvalue weighted by Crippen LogP contribution is 2.34. The molecule has 1 amide bonds. The van der Waals surface area contributed by atoms with Gasteiger partial charge in [-0.15, -0.1) is 0 Å². The summed E-state index contributed by atoms with van der Waals surface area (Å²) < 4.78 is 0. The maximum absolute atomic E-state index is 12.5. The molecule has 1 aliphatic heterocycles. The fourth-order valence-electron chi connectivity index (χ4n) is 2.60. The van der Waals surface area contributed by atoms with Gasteiger partial charge in [-0.25, -0.2) is 4.98 Å². The number of anilines is 1. The van der Waals surface area contributed by atoms with Gasteiger partial charge in [-0.2, -0.15) is 0 Å². The number of hydrogen-bond donors (Lipinski definition) is 2. The van der Waals surface area contributed by atoms with E-state index in [1.54, 1.807) is 12.1 Å². The number of amides is 1. The van der Waals surface area contributed by atoms with Gasteiger partial charge in [0, 0.05) is 23.1 Å². The van der Waals surface area contributed by atoms with Gasteiger partial charge >= 0.3 is 0 Å². The van der Waals surface area contributed by atoms with Crippen LogP contribution >= 0.6 is 23.4 Å². The lowest BCUT2D eigenvalue weighted by molar-refractivity contribution is -0.116. The Morgan fingerprint density at radius 2 is 2.04 bits per heavy atom. The van der Waals surface area contributed by atoms with E-state index in [0.29, 0.717) is 21.6 Å². The standard InChI is InChI=1S/C16H16ClN3O2S/c1-2-7-23-16-19-14-13(15(22)20-16)11(8-12(21)18-14)9-3-5-10(17)6-4-9/h3-6,11H,2,7-8H2,1H3,(H2,18,19,20,21,22). The van der Waals surface area contributed by atoms with E-state index in [9.17, 15) is 9.59 Å². The van der Waals surface area contributed by atoms with E-state index >= 15 is 0 Å². The van der Waals surface area contributed by atoms with Crippen LogP contribution in [-0.2, 0) is 4.79 Å². The van der Waals surface area contributed by atoms with Gasteiger partial charge in [0.2, 0.25) is 5.91 Å². The number of hydrogen-bond acceptors (Lipinski definition) is 4. The zero-order chi connectivity index (χ0) is 16.4. The maximum atomic E-state index is 12.5. The lowest BCUT2D eigenvalue weighted by Crippen LogP contribution is -2.31. The Morgan fingerprint density at radius 1 is 1.30 bits per heavy atom. The second-order valence-corrected chi connectivity index (χ2v) is 6.86. The molecule has 2 N–H and O–H groups in total. The molecule has 7 heteroatoms. The van der Waals surface area contributed by atoms with E-state index in [2.05, 4.69) is 22.2 Å². The van der Waals surface area contributed by atoms with Crippen LogP contribution in [0.5, 0.6) is 0 Å². The molecular weight excluding hydrogens is 334 g/mol. The predicted octanol–water partition coefficient (Wildman–Crippen LogP) is 3.40. The molecule has 3 rings (SSSR count). The Bertz CT molecular complexity index is 789. The molecule has 1 aliphatic rings. The van der Waals surface area contributed by atoms with Gasteiger partial charge in [-0.05, 0) is 24.1 Å². The van der Waals surface area contributed by atoms with E-state index < -0.39 is 0 Å². The summed E-state index contributed by atoms with van der Waals surface area (Å²) in [5, 5.41) is 3.87. The van der Waals surface area contributed by atoms with Crippen molar-refractivity contribution in [3.05, 3.63) is 50.8 Å². The first-order valence-electron chi connectivity index (χ1n) is 7.40. The largest absolute Gasteiger partial charge is 0.310 e. The number of halogens is 1. The zero-order valence-electron chi connectivity index (χ0n) is 12.6. The van der Waals surface area contributed by atoms with Crippen LogP contribution in [0, 0.1) is 0 Å². The predicted molar refractivity (Wildman–Crippen MR) is 92.4 cm³/mol. The summed E-state index contributed by atoms with van der Waals surface area (Å²) in [4.78, 5) is 31.8. The van der Waals surface area contributed by atoms with Crippen LogP contribution < -0.4 is 10.9 Å². The number of rotatable bonds is 4. The van der Waals surface area contributed by atoms with Gasteiger partial charge < -0.3 is 10.3 Å². The average Bonchev–Trinajstić information content (AvgIpc) is 2.52. The fourth-order valence-corrected chi connectivity index (χ4v) is 3.44. The summed E-state index contributed by atoms with van der Waals surface area (Å²) in [5.74, 6) is 0.777. The third kappa shape index (κ3) is 3.43. The molecule has 0 saturated carbocycles. The SMILES string of the molecule is CCCSc1nc2c(c(=O)[nH]1)C(c1ccc(Cl)cc1)CC(=O)N2. The summed E-state index contributed by atoms with van der Waals surface area (Å²) >= 11 is 7.39. The first-order valence-corrected chi connectivity index (χ1v) is 8.77. The molecule has 2 heterocycles. The van der Waals surface area contributed by atoms with E-state index in [1.165, 1.54) is 11.8 Å². The summed E-state index contributed by atoms with van der Waals surface area (Å²) in [5.41, 5.74) is 1.19. The molecule has 1 aromatic heterocycles. The van der Waals surface area contributed by atoms with Crippen LogP contribution in [0.2, 0.25) is 5.02 Å². The topological polar surface area (TPSA) is 74.8 Å². The number of carbonyl (C=O) groups excluding carboxylic acids is 1. The first-order chi connectivity index (χ1) is 11.1. The monoisotopic (exact) mass is 349 g/mol. The third-order valence-electron chi connectivity index (χ3n) is 3.64.